The Labute approximate surface area is 129 Å². The first kappa shape index (κ1) is 15.1. The van der Waals surface area contributed by atoms with Crippen LogP contribution in [0, 0.1) is 13.8 Å². The van der Waals surface area contributed by atoms with Crippen molar-refractivity contribution in [1.29, 1.82) is 0 Å². The summed E-state index contributed by atoms with van der Waals surface area (Å²) in [5.41, 5.74) is 4.83. The molecule has 2 rings (SSSR count). The van der Waals surface area contributed by atoms with Crippen molar-refractivity contribution >= 4 is 15.9 Å². The molecule has 1 unspecified atom stereocenters. The molecule has 2 aromatic rings. The number of ether oxygens (including phenoxy) is 1. The van der Waals surface area contributed by atoms with Gasteiger partial charge in [0.05, 0.1) is 13.2 Å². The van der Waals surface area contributed by atoms with Crippen LogP contribution in [0.1, 0.15) is 28.3 Å². The van der Waals surface area contributed by atoms with E-state index in [0.717, 1.165) is 10.2 Å². The second kappa shape index (κ2) is 6.42. The van der Waals surface area contributed by atoms with Crippen LogP contribution in [-0.2, 0) is 0 Å². The van der Waals surface area contributed by atoms with Crippen LogP contribution < -0.4 is 10.1 Å². The molecule has 2 aromatic carbocycles. The molecule has 1 atom stereocenters. The van der Waals surface area contributed by atoms with Crippen LogP contribution in [0.3, 0.4) is 0 Å². The van der Waals surface area contributed by atoms with Gasteiger partial charge in [-0.25, -0.2) is 0 Å². The van der Waals surface area contributed by atoms with E-state index in [4.69, 9.17) is 4.74 Å². The topological polar surface area (TPSA) is 21.3 Å². The number of hydrogen-bond donors (Lipinski definition) is 1. The largest absolute Gasteiger partial charge is 0.496 e. The van der Waals surface area contributed by atoms with Gasteiger partial charge in [0.1, 0.15) is 5.75 Å². The zero-order valence-corrected chi connectivity index (χ0v) is 13.9. The zero-order chi connectivity index (χ0) is 14.7. The lowest BCUT2D eigenvalue weighted by molar-refractivity contribution is 0.402. The molecule has 0 amide bonds. The Morgan fingerprint density at radius 1 is 1.05 bits per heavy atom. The van der Waals surface area contributed by atoms with Gasteiger partial charge in [-0.3, -0.25) is 0 Å². The molecule has 0 radical (unpaired) electrons. The van der Waals surface area contributed by atoms with Crippen molar-refractivity contribution in [2.75, 3.05) is 14.2 Å². The normalized spacial score (nSPS) is 12.2. The van der Waals surface area contributed by atoms with Crippen LogP contribution >= 0.6 is 15.9 Å². The Morgan fingerprint density at radius 2 is 1.70 bits per heavy atom. The van der Waals surface area contributed by atoms with Gasteiger partial charge in [-0.2, -0.15) is 0 Å². The average Bonchev–Trinajstić information content (AvgIpc) is 2.45. The Balaban J connectivity index is 2.52. The van der Waals surface area contributed by atoms with Crippen molar-refractivity contribution in [3.05, 3.63) is 63.1 Å². The van der Waals surface area contributed by atoms with E-state index in [2.05, 4.69) is 71.5 Å². The second-order valence-electron chi connectivity index (χ2n) is 4.90. The predicted octanol–water partition coefficient (Wildman–Crippen LogP) is 4.38. The molecule has 106 valence electrons. The summed E-state index contributed by atoms with van der Waals surface area (Å²) in [6, 6.07) is 12.8. The fourth-order valence-corrected chi connectivity index (χ4v) is 2.73. The van der Waals surface area contributed by atoms with Crippen LogP contribution in [0.2, 0.25) is 0 Å². The molecule has 0 saturated heterocycles. The van der Waals surface area contributed by atoms with E-state index in [1.165, 1.54) is 22.3 Å². The minimum absolute atomic E-state index is 0.123. The third kappa shape index (κ3) is 2.89. The summed E-state index contributed by atoms with van der Waals surface area (Å²) < 4.78 is 6.72. The fraction of sp³-hybridized carbons (Fsp3) is 0.294. The lowest BCUT2D eigenvalue weighted by Gasteiger charge is -2.22. The highest BCUT2D eigenvalue weighted by molar-refractivity contribution is 9.10. The van der Waals surface area contributed by atoms with Gasteiger partial charge in [-0.1, -0.05) is 40.2 Å². The van der Waals surface area contributed by atoms with E-state index in [0.29, 0.717) is 0 Å². The van der Waals surface area contributed by atoms with Crippen molar-refractivity contribution in [2.45, 2.75) is 19.9 Å². The van der Waals surface area contributed by atoms with Crippen LogP contribution in [-0.4, -0.2) is 14.2 Å². The second-order valence-corrected chi connectivity index (χ2v) is 5.82. The Bertz CT molecular complexity index is 593. The summed E-state index contributed by atoms with van der Waals surface area (Å²) in [5, 5.41) is 3.38. The maximum atomic E-state index is 5.64. The highest BCUT2D eigenvalue weighted by atomic mass is 79.9. The molecule has 0 aromatic heterocycles. The summed E-state index contributed by atoms with van der Waals surface area (Å²) in [6.07, 6.45) is 0. The molecule has 0 fully saturated rings. The van der Waals surface area contributed by atoms with Crippen molar-refractivity contribution in [3.8, 4) is 5.75 Å². The smallest absolute Gasteiger partial charge is 0.127 e. The molecule has 0 bridgehead atoms. The molecule has 0 aliphatic rings. The number of halogens is 1. The molecule has 3 heteroatoms. The minimum Gasteiger partial charge on any atom is -0.496 e. The summed E-state index contributed by atoms with van der Waals surface area (Å²) in [6.45, 7) is 4.21. The van der Waals surface area contributed by atoms with Gasteiger partial charge in [0.25, 0.3) is 0 Å². The van der Waals surface area contributed by atoms with E-state index >= 15 is 0 Å². The third-order valence-corrected chi connectivity index (χ3v) is 4.24. The summed E-state index contributed by atoms with van der Waals surface area (Å²) in [5.74, 6) is 0.965. The first-order valence-electron chi connectivity index (χ1n) is 6.65. The van der Waals surface area contributed by atoms with Gasteiger partial charge in [0, 0.05) is 10.0 Å². The number of aryl methyl sites for hydroxylation is 1. The first-order chi connectivity index (χ1) is 9.58. The van der Waals surface area contributed by atoms with Gasteiger partial charge in [0.2, 0.25) is 0 Å². The van der Waals surface area contributed by atoms with E-state index in [9.17, 15) is 0 Å². The van der Waals surface area contributed by atoms with E-state index in [1.807, 2.05) is 7.05 Å². The Morgan fingerprint density at radius 3 is 2.25 bits per heavy atom. The van der Waals surface area contributed by atoms with E-state index in [1.54, 1.807) is 7.11 Å². The number of rotatable bonds is 4. The SMILES string of the molecule is CNC(c1ccc(Br)cc1)c1ccc(C)c(C)c1OC. The van der Waals surface area contributed by atoms with Crippen molar-refractivity contribution < 1.29 is 4.74 Å². The van der Waals surface area contributed by atoms with Crippen LogP contribution in [0.4, 0.5) is 0 Å². The van der Waals surface area contributed by atoms with Gasteiger partial charge in [-0.05, 0) is 49.7 Å². The quantitative estimate of drug-likeness (QED) is 0.896. The molecule has 0 saturated carbocycles. The highest BCUT2D eigenvalue weighted by Crippen LogP contribution is 2.34. The number of benzene rings is 2. The van der Waals surface area contributed by atoms with Crippen LogP contribution in [0.15, 0.2) is 40.9 Å². The molecule has 20 heavy (non-hydrogen) atoms. The summed E-state index contributed by atoms with van der Waals surface area (Å²) in [7, 11) is 3.71. The third-order valence-electron chi connectivity index (χ3n) is 3.71. The summed E-state index contributed by atoms with van der Waals surface area (Å²) in [4.78, 5) is 0. The van der Waals surface area contributed by atoms with Crippen molar-refractivity contribution in [3.63, 3.8) is 0 Å². The highest BCUT2D eigenvalue weighted by Gasteiger charge is 2.18. The molecular formula is C17H20BrNO. The van der Waals surface area contributed by atoms with E-state index in [-0.39, 0.29) is 6.04 Å². The lowest BCUT2D eigenvalue weighted by Crippen LogP contribution is -2.19. The molecule has 0 spiro atoms. The Hall–Kier alpha value is -1.32. The average molecular weight is 334 g/mol. The molecule has 0 aliphatic carbocycles. The maximum Gasteiger partial charge on any atom is 0.127 e. The molecule has 0 heterocycles. The molecule has 0 aliphatic heterocycles. The monoisotopic (exact) mass is 333 g/mol. The number of methoxy groups -OCH3 is 1. The number of hydrogen-bond acceptors (Lipinski definition) is 2. The van der Waals surface area contributed by atoms with Crippen molar-refractivity contribution in [1.82, 2.24) is 5.32 Å². The van der Waals surface area contributed by atoms with Gasteiger partial charge in [-0.15, -0.1) is 0 Å². The van der Waals surface area contributed by atoms with Gasteiger partial charge >= 0.3 is 0 Å². The summed E-state index contributed by atoms with van der Waals surface area (Å²) >= 11 is 3.48. The Kier molecular flexibility index (Phi) is 4.84. The lowest BCUT2D eigenvalue weighted by atomic mass is 9.94. The standard InChI is InChI=1S/C17H20BrNO/c1-11-5-10-15(17(20-4)12(11)2)16(19-3)13-6-8-14(18)9-7-13/h5-10,16,19H,1-4H3. The first-order valence-corrected chi connectivity index (χ1v) is 7.44. The number of nitrogens with one attached hydrogen (secondary N) is 1. The zero-order valence-electron chi connectivity index (χ0n) is 12.3. The van der Waals surface area contributed by atoms with Crippen LogP contribution in [0.5, 0.6) is 5.75 Å². The van der Waals surface area contributed by atoms with Gasteiger partial charge in [0.15, 0.2) is 0 Å². The van der Waals surface area contributed by atoms with Crippen molar-refractivity contribution in [2.24, 2.45) is 0 Å². The van der Waals surface area contributed by atoms with Crippen LogP contribution in [0.25, 0.3) is 0 Å². The predicted molar refractivity (Wildman–Crippen MR) is 87.5 cm³/mol. The molecular weight excluding hydrogens is 314 g/mol. The van der Waals surface area contributed by atoms with Gasteiger partial charge < -0.3 is 10.1 Å². The fourth-order valence-electron chi connectivity index (χ4n) is 2.47. The maximum absolute atomic E-state index is 5.64. The molecule has 1 N–H and O–H groups in total. The molecule has 2 nitrogen and oxygen atoms in total. The van der Waals surface area contributed by atoms with E-state index < -0.39 is 0 Å². The minimum atomic E-state index is 0.123.